The van der Waals surface area contributed by atoms with Crippen molar-refractivity contribution >= 4 is 40.7 Å². The van der Waals surface area contributed by atoms with Gasteiger partial charge >= 0.3 is 11.9 Å². The van der Waals surface area contributed by atoms with Crippen LogP contribution in [0.1, 0.15) is 57.2 Å². The molecule has 9 heteroatoms. The van der Waals surface area contributed by atoms with Crippen molar-refractivity contribution in [1.82, 2.24) is 0 Å². The van der Waals surface area contributed by atoms with Gasteiger partial charge in [0.1, 0.15) is 12.7 Å². The minimum atomic E-state index is -0.660. The summed E-state index contributed by atoms with van der Waals surface area (Å²) < 4.78 is 10.9. The molecule has 1 saturated carbocycles. The average Bonchev–Trinajstić information content (AvgIpc) is 3.33. The minimum absolute atomic E-state index is 0.116. The zero-order valence-electron chi connectivity index (χ0n) is 20.2. The number of carbonyl (C=O) groups excluding carboxylic acids is 3. The fourth-order valence-corrected chi connectivity index (χ4v) is 5.30. The molecule has 0 saturated heterocycles. The number of rotatable bonds is 14. The lowest BCUT2D eigenvalue weighted by atomic mass is 9.89. The summed E-state index contributed by atoms with van der Waals surface area (Å²) >= 11 is 7.45. The zero-order valence-corrected chi connectivity index (χ0v) is 21.8. The Kier molecular flexibility index (Phi) is 12.7. The first kappa shape index (κ1) is 29.2. The quantitative estimate of drug-likeness (QED) is 0.209. The molecule has 1 heterocycles. The standard InChI is InChI=1S/C26H35ClO7S/c1-17(28)33-16-20(31)7-5-3-4-6-8-22-23(25(15-24(22)32)34-18(2)29)13-10-19(30)9-11-21-12-14-26(27)35-21/h4,6,10,12-14,19,22-25,30,32H,3,5,7-9,11,15-16H2,1-2H3/b6-4-,13-10+/t19-,22+,23+,24-,25+/m0/s1. The largest absolute Gasteiger partial charge is 0.462 e. The molecule has 1 aliphatic carbocycles. The van der Waals surface area contributed by atoms with Gasteiger partial charge in [0.2, 0.25) is 0 Å². The summed E-state index contributed by atoms with van der Waals surface area (Å²) in [5, 5.41) is 21.1. The van der Waals surface area contributed by atoms with E-state index in [1.807, 2.05) is 30.4 Å². The third-order valence-electron chi connectivity index (χ3n) is 5.92. The number of Topliss-reactive ketones (excluding diaryl/α,β-unsaturated/α-hetero) is 1. The van der Waals surface area contributed by atoms with E-state index in [1.54, 1.807) is 6.08 Å². The number of esters is 2. The number of hydrogen-bond donors (Lipinski definition) is 2. The maximum absolute atomic E-state index is 11.6. The first-order valence-electron chi connectivity index (χ1n) is 11.9. The van der Waals surface area contributed by atoms with Gasteiger partial charge in [-0.3, -0.25) is 14.4 Å². The third kappa shape index (κ3) is 11.1. The Hall–Kier alpha value is -2.00. The molecule has 0 bridgehead atoms. The summed E-state index contributed by atoms with van der Waals surface area (Å²) in [6.45, 7) is 2.43. The molecule has 0 amide bonds. The van der Waals surface area contributed by atoms with Gasteiger partial charge in [0.25, 0.3) is 0 Å². The van der Waals surface area contributed by atoms with Crippen molar-refractivity contribution < 1.29 is 34.1 Å². The van der Waals surface area contributed by atoms with Crippen molar-refractivity contribution in [3.8, 4) is 0 Å². The van der Waals surface area contributed by atoms with Gasteiger partial charge in [-0.1, -0.05) is 35.9 Å². The van der Waals surface area contributed by atoms with E-state index >= 15 is 0 Å². The molecule has 194 valence electrons. The van der Waals surface area contributed by atoms with Crippen LogP contribution in [-0.4, -0.2) is 52.9 Å². The summed E-state index contributed by atoms with van der Waals surface area (Å²) in [5.41, 5.74) is 0. The second-order valence-electron chi connectivity index (χ2n) is 8.81. The lowest BCUT2D eigenvalue weighted by Gasteiger charge is -2.22. The predicted octanol–water partition coefficient (Wildman–Crippen LogP) is 4.43. The normalized spacial score (nSPS) is 23.1. The molecular formula is C26H35ClO7S. The lowest BCUT2D eigenvalue weighted by Crippen LogP contribution is -2.24. The molecule has 0 unspecified atom stereocenters. The molecule has 2 rings (SSSR count). The van der Waals surface area contributed by atoms with Crippen LogP contribution >= 0.6 is 22.9 Å². The molecule has 0 aromatic carbocycles. The first-order chi connectivity index (χ1) is 16.7. The van der Waals surface area contributed by atoms with Crippen molar-refractivity contribution in [2.24, 2.45) is 11.8 Å². The highest BCUT2D eigenvalue weighted by Gasteiger charge is 2.42. The van der Waals surface area contributed by atoms with Gasteiger partial charge in [-0.15, -0.1) is 11.3 Å². The van der Waals surface area contributed by atoms with Crippen LogP contribution in [0.25, 0.3) is 0 Å². The van der Waals surface area contributed by atoms with E-state index < -0.39 is 30.3 Å². The maximum Gasteiger partial charge on any atom is 0.303 e. The first-order valence-corrected chi connectivity index (χ1v) is 13.1. The maximum atomic E-state index is 11.6. The number of carbonyl (C=O) groups is 3. The number of halogens is 1. The van der Waals surface area contributed by atoms with Crippen LogP contribution < -0.4 is 0 Å². The van der Waals surface area contributed by atoms with Crippen LogP contribution in [0, 0.1) is 11.8 Å². The molecule has 5 atom stereocenters. The Morgan fingerprint density at radius 2 is 2.00 bits per heavy atom. The van der Waals surface area contributed by atoms with Crippen molar-refractivity contribution in [1.29, 1.82) is 0 Å². The van der Waals surface area contributed by atoms with Crippen LogP contribution in [0.5, 0.6) is 0 Å². The number of aliphatic hydroxyl groups excluding tert-OH is 2. The number of ether oxygens (including phenoxy) is 2. The molecule has 1 aliphatic rings. The SMILES string of the molecule is CC(=O)OCC(=O)CCC/C=C\C[C@@H]1[C@@H](/C=C/[C@@H](O)CCc2ccc(Cl)s2)[C@H](OC(C)=O)C[C@@H]1O. The molecule has 35 heavy (non-hydrogen) atoms. The molecule has 1 aromatic rings. The molecule has 2 N–H and O–H groups in total. The Morgan fingerprint density at radius 3 is 2.66 bits per heavy atom. The topological polar surface area (TPSA) is 110 Å². The van der Waals surface area contributed by atoms with Crippen LogP contribution in [0.2, 0.25) is 4.34 Å². The Balaban J connectivity index is 1.87. The molecular weight excluding hydrogens is 492 g/mol. The molecule has 1 fully saturated rings. The smallest absolute Gasteiger partial charge is 0.303 e. The highest BCUT2D eigenvalue weighted by atomic mass is 35.5. The van der Waals surface area contributed by atoms with E-state index in [1.165, 1.54) is 25.2 Å². The van der Waals surface area contributed by atoms with E-state index in [9.17, 15) is 24.6 Å². The highest BCUT2D eigenvalue weighted by molar-refractivity contribution is 7.16. The van der Waals surface area contributed by atoms with Crippen molar-refractivity contribution in [3.63, 3.8) is 0 Å². The summed E-state index contributed by atoms with van der Waals surface area (Å²) in [5.74, 6) is -1.35. The highest BCUT2D eigenvalue weighted by Crippen LogP contribution is 2.38. The number of allylic oxidation sites excluding steroid dienone is 2. The van der Waals surface area contributed by atoms with Gasteiger partial charge in [0, 0.05) is 37.5 Å². The Bertz CT molecular complexity index is 894. The van der Waals surface area contributed by atoms with Crippen LogP contribution in [0.15, 0.2) is 36.4 Å². The van der Waals surface area contributed by atoms with E-state index in [0.717, 1.165) is 9.21 Å². The third-order valence-corrected chi connectivity index (χ3v) is 7.21. The van der Waals surface area contributed by atoms with E-state index in [2.05, 4.69) is 4.74 Å². The van der Waals surface area contributed by atoms with Crippen molar-refractivity contribution in [3.05, 3.63) is 45.7 Å². The van der Waals surface area contributed by atoms with Crippen LogP contribution in [0.4, 0.5) is 0 Å². The number of unbranched alkanes of at least 4 members (excludes halogenated alkanes) is 1. The number of ketones is 1. The summed E-state index contributed by atoms with van der Waals surface area (Å²) in [4.78, 5) is 35.1. The van der Waals surface area contributed by atoms with Gasteiger partial charge in [-0.2, -0.15) is 0 Å². The Labute approximate surface area is 215 Å². The number of thiophene rings is 1. The van der Waals surface area contributed by atoms with E-state index in [4.69, 9.17) is 16.3 Å². The average molecular weight is 527 g/mol. The van der Waals surface area contributed by atoms with Crippen molar-refractivity contribution in [2.75, 3.05) is 6.61 Å². The lowest BCUT2D eigenvalue weighted by molar-refractivity contribution is -0.147. The summed E-state index contributed by atoms with van der Waals surface area (Å²) in [6.07, 6.45) is 9.63. The summed E-state index contributed by atoms with van der Waals surface area (Å²) in [6, 6.07) is 3.79. The van der Waals surface area contributed by atoms with E-state index in [-0.39, 0.29) is 24.2 Å². The van der Waals surface area contributed by atoms with Gasteiger partial charge in [0.15, 0.2) is 5.78 Å². The van der Waals surface area contributed by atoms with E-state index in [0.29, 0.717) is 44.9 Å². The summed E-state index contributed by atoms with van der Waals surface area (Å²) in [7, 11) is 0. The van der Waals surface area contributed by atoms with Gasteiger partial charge in [-0.25, -0.2) is 0 Å². The molecule has 1 aromatic heterocycles. The van der Waals surface area contributed by atoms with Gasteiger partial charge in [-0.05, 0) is 50.2 Å². The fraction of sp³-hybridized carbons (Fsp3) is 0.577. The minimum Gasteiger partial charge on any atom is -0.462 e. The van der Waals surface area contributed by atoms with Gasteiger partial charge < -0.3 is 19.7 Å². The predicted molar refractivity (Wildman–Crippen MR) is 135 cm³/mol. The second kappa shape index (κ2) is 15.2. The number of aliphatic hydroxyl groups is 2. The number of hydrogen-bond acceptors (Lipinski definition) is 8. The van der Waals surface area contributed by atoms with Crippen LogP contribution in [0.3, 0.4) is 0 Å². The Morgan fingerprint density at radius 1 is 1.23 bits per heavy atom. The molecule has 7 nitrogen and oxygen atoms in total. The van der Waals surface area contributed by atoms with Crippen LogP contribution in [-0.2, 0) is 30.3 Å². The second-order valence-corrected chi connectivity index (χ2v) is 10.6. The van der Waals surface area contributed by atoms with Crippen molar-refractivity contribution in [2.45, 2.75) is 77.1 Å². The number of aryl methyl sites for hydroxylation is 1. The molecule has 0 spiro atoms. The molecule has 0 radical (unpaired) electrons. The monoisotopic (exact) mass is 526 g/mol. The van der Waals surface area contributed by atoms with Gasteiger partial charge in [0.05, 0.1) is 16.5 Å². The molecule has 0 aliphatic heterocycles. The fourth-order valence-electron chi connectivity index (χ4n) is 4.19. The zero-order chi connectivity index (χ0) is 25.8.